The van der Waals surface area contributed by atoms with E-state index in [1.54, 1.807) is 6.20 Å². The number of carbonyl (C=O) groups is 2. The fraction of sp³-hybridized carbons (Fsp3) is 0.465. The number of aromatic nitrogens is 1. The van der Waals surface area contributed by atoms with Crippen molar-refractivity contribution in [1.29, 1.82) is 0 Å². The predicted molar refractivity (Wildman–Crippen MR) is 202 cm³/mol. The van der Waals surface area contributed by atoms with Crippen LogP contribution in [0, 0.1) is 11.8 Å². The number of β-amino-alcohol motifs (C(OH)–C–C–N with tert-alkyl or cyclic N) is 1. The first-order valence-corrected chi connectivity index (χ1v) is 19.1. The minimum atomic E-state index is -0.666. The van der Waals surface area contributed by atoms with Crippen LogP contribution in [0.5, 0.6) is 5.75 Å². The van der Waals surface area contributed by atoms with Gasteiger partial charge in [0.15, 0.2) is 0 Å². The molecule has 2 atom stereocenters. The molecule has 2 N–H and O–H groups in total. The molecule has 51 heavy (non-hydrogen) atoms. The second kappa shape index (κ2) is 18.8. The van der Waals surface area contributed by atoms with E-state index < -0.39 is 6.10 Å². The van der Waals surface area contributed by atoms with Crippen molar-refractivity contribution in [3.05, 3.63) is 108 Å². The van der Waals surface area contributed by atoms with E-state index in [0.29, 0.717) is 44.8 Å². The van der Waals surface area contributed by atoms with E-state index >= 15 is 0 Å². The fourth-order valence-corrected chi connectivity index (χ4v) is 7.78. The Bertz CT molecular complexity index is 1610. The Balaban J connectivity index is 0.938. The number of carbonyl (C=O) groups excluding carboxylic acids is 2. The van der Waals surface area contributed by atoms with Gasteiger partial charge in [0.2, 0.25) is 11.8 Å². The van der Waals surface area contributed by atoms with Crippen molar-refractivity contribution in [3.8, 4) is 5.75 Å². The number of piperidine rings is 2. The van der Waals surface area contributed by atoms with Crippen molar-refractivity contribution in [2.75, 3.05) is 39.3 Å². The Morgan fingerprint density at radius 1 is 0.804 bits per heavy atom. The van der Waals surface area contributed by atoms with Gasteiger partial charge < -0.3 is 20.1 Å². The lowest BCUT2D eigenvalue weighted by Gasteiger charge is -2.38. The molecule has 1 unspecified atom stereocenters. The van der Waals surface area contributed by atoms with E-state index in [-0.39, 0.29) is 36.3 Å². The van der Waals surface area contributed by atoms with Gasteiger partial charge in [0.25, 0.3) is 0 Å². The number of fused-ring (bicyclic) bond motifs is 1. The van der Waals surface area contributed by atoms with Crippen LogP contribution >= 0.6 is 0 Å². The number of nitrogens with one attached hydrogen (secondary N) is 1. The number of aliphatic hydroxyl groups is 1. The Morgan fingerprint density at radius 3 is 2.18 bits per heavy atom. The molecule has 6 rings (SSSR count). The zero-order valence-corrected chi connectivity index (χ0v) is 29.9. The maximum Gasteiger partial charge on any atom is 0.226 e. The molecule has 0 bridgehead atoms. The summed E-state index contributed by atoms with van der Waals surface area (Å²) in [5.74, 6) is 0.902. The highest BCUT2D eigenvalue weighted by Crippen LogP contribution is 2.26. The standard InChI is InChI=1S/C43H54N4O4/c48-38(32-51-41-23-9-22-40-39(41)21-10-26-44-40)31-46-27-11-18-36(30-46)43(50)47-28-24-35(25-29-47)42(49)45-37(19-7-16-33-12-3-1-4-13-33)20-8-17-34-14-5-2-6-15-34/h1-6,9-10,12-15,21-23,26,35-38,48H,7-8,11,16-20,24-25,27-32H2,(H,45,49)/t36?,38-/m1/s1. The Morgan fingerprint density at radius 2 is 1.49 bits per heavy atom. The summed E-state index contributed by atoms with van der Waals surface area (Å²) >= 11 is 0. The molecule has 0 radical (unpaired) electrons. The monoisotopic (exact) mass is 690 g/mol. The van der Waals surface area contributed by atoms with Gasteiger partial charge in [-0.2, -0.15) is 0 Å². The van der Waals surface area contributed by atoms with E-state index in [0.717, 1.165) is 68.8 Å². The molecule has 3 heterocycles. The first-order chi connectivity index (χ1) is 25.0. The highest BCUT2D eigenvalue weighted by molar-refractivity contribution is 5.84. The number of aryl methyl sites for hydroxylation is 2. The van der Waals surface area contributed by atoms with E-state index in [9.17, 15) is 14.7 Å². The third-order valence-corrected chi connectivity index (χ3v) is 10.6. The molecule has 8 heteroatoms. The maximum atomic E-state index is 13.6. The van der Waals surface area contributed by atoms with Gasteiger partial charge in [-0.15, -0.1) is 0 Å². The number of ether oxygens (including phenoxy) is 1. The van der Waals surface area contributed by atoms with Gasteiger partial charge in [0.05, 0.1) is 11.4 Å². The SMILES string of the molecule is O=C(NC(CCCc1ccccc1)CCCc1ccccc1)C1CCN(C(=O)C2CCCN(C[C@@H](O)COc3cccc4ncccc34)C2)CC1. The number of aliphatic hydroxyl groups excluding tert-OH is 1. The second-order valence-electron chi connectivity index (χ2n) is 14.5. The van der Waals surface area contributed by atoms with E-state index in [1.165, 1.54) is 11.1 Å². The molecule has 270 valence electrons. The van der Waals surface area contributed by atoms with Crippen LogP contribution in [0.1, 0.15) is 62.5 Å². The summed E-state index contributed by atoms with van der Waals surface area (Å²) in [6.07, 6.45) is 10.3. The molecule has 3 aromatic carbocycles. The van der Waals surface area contributed by atoms with E-state index in [1.807, 2.05) is 35.2 Å². The number of hydrogen-bond acceptors (Lipinski definition) is 6. The summed E-state index contributed by atoms with van der Waals surface area (Å²) in [5, 5.41) is 15.2. The first-order valence-electron chi connectivity index (χ1n) is 19.1. The Hall–Kier alpha value is -4.27. The van der Waals surface area contributed by atoms with Gasteiger partial charge in [-0.25, -0.2) is 0 Å². The number of hydrogen-bond donors (Lipinski definition) is 2. The van der Waals surface area contributed by atoms with Crippen molar-refractivity contribution in [3.63, 3.8) is 0 Å². The highest BCUT2D eigenvalue weighted by Gasteiger charge is 2.34. The van der Waals surface area contributed by atoms with Crippen LogP contribution in [-0.2, 0) is 22.4 Å². The van der Waals surface area contributed by atoms with Crippen LogP contribution in [0.2, 0.25) is 0 Å². The van der Waals surface area contributed by atoms with Crippen molar-refractivity contribution < 1.29 is 19.4 Å². The lowest BCUT2D eigenvalue weighted by Crippen LogP contribution is -2.50. The lowest BCUT2D eigenvalue weighted by atomic mass is 9.91. The van der Waals surface area contributed by atoms with E-state index in [4.69, 9.17) is 4.74 Å². The van der Waals surface area contributed by atoms with Crippen LogP contribution < -0.4 is 10.1 Å². The maximum absolute atomic E-state index is 13.6. The van der Waals surface area contributed by atoms with Crippen molar-refractivity contribution in [2.24, 2.45) is 11.8 Å². The van der Waals surface area contributed by atoms with Crippen LogP contribution in [-0.4, -0.2) is 83.2 Å². The zero-order valence-electron chi connectivity index (χ0n) is 29.9. The molecule has 0 spiro atoms. The van der Waals surface area contributed by atoms with Gasteiger partial charge in [-0.3, -0.25) is 19.5 Å². The highest BCUT2D eigenvalue weighted by atomic mass is 16.5. The van der Waals surface area contributed by atoms with Gasteiger partial charge in [0, 0.05) is 49.7 Å². The smallest absolute Gasteiger partial charge is 0.226 e. The molecule has 1 aromatic heterocycles. The third kappa shape index (κ3) is 10.9. The molecule has 4 aromatic rings. The summed E-state index contributed by atoms with van der Waals surface area (Å²) in [6.45, 7) is 3.39. The molecule has 2 amide bonds. The zero-order chi connectivity index (χ0) is 35.3. The summed E-state index contributed by atoms with van der Waals surface area (Å²) in [4.78, 5) is 35.7. The van der Waals surface area contributed by atoms with Crippen LogP contribution in [0.25, 0.3) is 10.9 Å². The van der Waals surface area contributed by atoms with E-state index in [2.05, 4.69) is 75.9 Å². The van der Waals surface area contributed by atoms with Crippen LogP contribution in [0.3, 0.4) is 0 Å². The molecule has 2 aliphatic heterocycles. The number of likely N-dealkylation sites (tertiary alicyclic amines) is 2. The summed E-state index contributed by atoms with van der Waals surface area (Å²) in [6, 6.07) is 30.9. The second-order valence-corrected chi connectivity index (χ2v) is 14.5. The number of amides is 2. The Kier molecular flexibility index (Phi) is 13.5. The predicted octanol–water partition coefficient (Wildman–Crippen LogP) is 6.46. The summed E-state index contributed by atoms with van der Waals surface area (Å²) in [5.41, 5.74) is 3.54. The molecule has 2 fully saturated rings. The van der Waals surface area contributed by atoms with Crippen molar-refractivity contribution >= 4 is 22.7 Å². The van der Waals surface area contributed by atoms with Crippen LogP contribution in [0.4, 0.5) is 0 Å². The average molecular weight is 691 g/mol. The van der Waals surface area contributed by atoms with Crippen molar-refractivity contribution in [2.45, 2.75) is 76.4 Å². The largest absolute Gasteiger partial charge is 0.490 e. The molecule has 0 saturated carbocycles. The minimum absolute atomic E-state index is 0.0599. The number of nitrogens with zero attached hydrogens (tertiary/aromatic N) is 3. The van der Waals surface area contributed by atoms with Crippen LogP contribution in [0.15, 0.2) is 97.2 Å². The van der Waals surface area contributed by atoms with Gasteiger partial charge in [-0.05, 0) is 106 Å². The fourth-order valence-electron chi connectivity index (χ4n) is 7.78. The number of pyridine rings is 1. The normalized spacial score (nSPS) is 17.8. The van der Waals surface area contributed by atoms with Crippen molar-refractivity contribution in [1.82, 2.24) is 20.1 Å². The topological polar surface area (TPSA) is 95.0 Å². The molecule has 8 nitrogen and oxygen atoms in total. The summed E-state index contributed by atoms with van der Waals surface area (Å²) in [7, 11) is 0. The molecule has 2 saturated heterocycles. The van der Waals surface area contributed by atoms with Gasteiger partial charge in [0.1, 0.15) is 18.5 Å². The lowest BCUT2D eigenvalue weighted by molar-refractivity contribution is -0.141. The Labute approximate surface area is 303 Å². The molecule has 0 aliphatic carbocycles. The summed E-state index contributed by atoms with van der Waals surface area (Å²) < 4.78 is 6.00. The first kappa shape index (κ1) is 36.5. The number of benzene rings is 3. The quantitative estimate of drug-likeness (QED) is 0.140. The third-order valence-electron chi connectivity index (χ3n) is 10.6. The van der Waals surface area contributed by atoms with Gasteiger partial charge >= 0.3 is 0 Å². The van der Waals surface area contributed by atoms with Gasteiger partial charge in [-0.1, -0.05) is 66.7 Å². The molecular formula is C43H54N4O4. The molecule has 2 aliphatic rings. The molecular weight excluding hydrogens is 636 g/mol. The number of rotatable bonds is 16. The average Bonchev–Trinajstić information content (AvgIpc) is 3.17. The minimum Gasteiger partial charge on any atom is -0.490 e.